The van der Waals surface area contributed by atoms with Gasteiger partial charge in [-0.25, -0.2) is 4.68 Å². The second-order valence-corrected chi connectivity index (χ2v) is 4.37. The molecule has 0 aliphatic carbocycles. The highest BCUT2D eigenvalue weighted by atomic mass is 32.2. The van der Waals surface area contributed by atoms with Gasteiger partial charge in [-0.15, -0.1) is 11.7 Å². The first-order chi connectivity index (χ1) is 6.74. The van der Waals surface area contributed by atoms with Gasteiger partial charge in [-0.2, -0.15) is 0 Å². The fourth-order valence-electron chi connectivity index (χ4n) is 0.931. The van der Waals surface area contributed by atoms with Crippen LogP contribution < -0.4 is 5.32 Å². The first kappa shape index (κ1) is 11.2. The summed E-state index contributed by atoms with van der Waals surface area (Å²) in [4.78, 5) is 0. The van der Waals surface area contributed by atoms with Crippen molar-refractivity contribution in [3.05, 3.63) is 12.7 Å². The van der Waals surface area contributed by atoms with Crippen molar-refractivity contribution in [1.82, 2.24) is 25.5 Å². The molecule has 0 aliphatic rings. The van der Waals surface area contributed by atoms with E-state index in [1.54, 1.807) is 16.4 Å². The third kappa shape index (κ3) is 3.47. The molecule has 1 aromatic rings. The summed E-state index contributed by atoms with van der Waals surface area (Å²) >= 11 is 1.66. The standard InChI is InChI=1S/C8H15N5S/c1-4-5-9-6-7(2)14-8-10-11-12-13(8)3/h4,7,9H,1,5-6H2,2-3H3. The largest absolute Gasteiger partial charge is 0.312 e. The van der Waals surface area contributed by atoms with Crippen LogP contribution in [0.4, 0.5) is 0 Å². The molecule has 1 atom stereocenters. The highest BCUT2D eigenvalue weighted by Crippen LogP contribution is 2.18. The summed E-state index contributed by atoms with van der Waals surface area (Å²) in [5, 5.41) is 15.8. The van der Waals surface area contributed by atoms with E-state index in [1.807, 2.05) is 13.1 Å². The van der Waals surface area contributed by atoms with Gasteiger partial charge in [0.25, 0.3) is 0 Å². The van der Waals surface area contributed by atoms with Gasteiger partial charge >= 0.3 is 0 Å². The molecule has 6 heteroatoms. The van der Waals surface area contributed by atoms with Gasteiger partial charge in [0.1, 0.15) is 0 Å². The van der Waals surface area contributed by atoms with Crippen molar-refractivity contribution in [3.8, 4) is 0 Å². The molecule has 78 valence electrons. The molecule has 1 aromatic heterocycles. The van der Waals surface area contributed by atoms with Gasteiger partial charge < -0.3 is 5.32 Å². The predicted molar refractivity (Wildman–Crippen MR) is 57.2 cm³/mol. The maximum Gasteiger partial charge on any atom is 0.209 e. The van der Waals surface area contributed by atoms with Gasteiger partial charge in [-0.1, -0.05) is 24.8 Å². The van der Waals surface area contributed by atoms with Crippen LogP contribution in [0.1, 0.15) is 6.92 Å². The van der Waals surface area contributed by atoms with Crippen molar-refractivity contribution in [1.29, 1.82) is 0 Å². The quantitative estimate of drug-likeness (QED) is 0.423. The number of nitrogens with one attached hydrogen (secondary N) is 1. The zero-order valence-corrected chi connectivity index (χ0v) is 9.29. The molecule has 1 unspecified atom stereocenters. The SMILES string of the molecule is C=CCNCC(C)Sc1nnnn1C. The summed E-state index contributed by atoms with van der Waals surface area (Å²) in [5.41, 5.74) is 0. The van der Waals surface area contributed by atoms with Crippen molar-refractivity contribution >= 4 is 11.8 Å². The topological polar surface area (TPSA) is 55.6 Å². The zero-order chi connectivity index (χ0) is 10.4. The minimum Gasteiger partial charge on any atom is -0.312 e. The number of hydrogen-bond donors (Lipinski definition) is 1. The number of hydrogen-bond acceptors (Lipinski definition) is 5. The number of thioether (sulfide) groups is 1. The van der Waals surface area contributed by atoms with Gasteiger partial charge in [-0.3, -0.25) is 0 Å². The van der Waals surface area contributed by atoms with Crippen LogP contribution in [0.5, 0.6) is 0 Å². The molecular weight excluding hydrogens is 198 g/mol. The van der Waals surface area contributed by atoms with E-state index < -0.39 is 0 Å². The number of nitrogens with zero attached hydrogens (tertiary/aromatic N) is 4. The second-order valence-electron chi connectivity index (χ2n) is 2.96. The van der Waals surface area contributed by atoms with E-state index in [1.165, 1.54) is 0 Å². The number of aryl methyl sites for hydroxylation is 1. The molecule has 14 heavy (non-hydrogen) atoms. The minimum absolute atomic E-state index is 0.444. The van der Waals surface area contributed by atoms with Crippen LogP contribution in [0.2, 0.25) is 0 Å². The minimum atomic E-state index is 0.444. The molecule has 0 spiro atoms. The highest BCUT2D eigenvalue weighted by molar-refractivity contribution is 7.99. The summed E-state index contributed by atoms with van der Waals surface area (Å²) in [7, 11) is 1.84. The van der Waals surface area contributed by atoms with Gasteiger partial charge in [0, 0.05) is 25.4 Å². The third-order valence-electron chi connectivity index (χ3n) is 1.61. The summed E-state index contributed by atoms with van der Waals surface area (Å²) in [6, 6.07) is 0. The summed E-state index contributed by atoms with van der Waals surface area (Å²) in [6.07, 6.45) is 1.85. The van der Waals surface area contributed by atoms with E-state index in [2.05, 4.69) is 34.3 Å². The van der Waals surface area contributed by atoms with Crippen LogP contribution in [0, 0.1) is 0 Å². The highest BCUT2D eigenvalue weighted by Gasteiger charge is 2.08. The Labute approximate surface area is 88.0 Å². The molecule has 0 amide bonds. The third-order valence-corrected chi connectivity index (χ3v) is 2.73. The average molecular weight is 213 g/mol. The van der Waals surface area contributed by atoms with E-state index in [0.29, 0.717) is 5.25 Å². The average Bonchev–Trinajstić information content (AvgIpc) is 2.52. The van der Waals surface area contributed by atoms with Crippen LogP contribution in [0.3, 0.4) is 0 Å². The van der Waals surface area contributed by atoms with Crippen LogP contribution in [-0.4, -0.2) is 38.5 Å². The van der Waals surface area contributed by atoms with Crippen molar-refractivity contribution in [2.75, 3.05) is 13.1 Å². The van der Waals surface area contributed by atoms with Gasteiger partial charge in [0.05, 0.1) is 0 Å². The molecule has 0 saturated carbocycles. The second kappa shape index (κ2) is 5.77. The Kier molecular flexibility index (Phi) is 4.61. The van der Waals surface area contributed by atoms with Crippen molar-refractivity contribution in [2.45, 2.75) is 17.3 Å². The van der Waals surface area contributed by atoms with Gasteiger partial charge in [0.15, 0.2) is 0 Å². The molecule has 0 aromatic carbocycles. The molecule has 0 bridgehead atoms. The van der Waals surface area contributed by atoms with Crippen LogP contribution >= 0.6 is 11.8 Å². The van der Waals surface area contributed by atoms with Crippen molar-refractivity contribution < 1.29 is 0 Å². The Morgan fingerprint density at radius 1 is 1.71 bits per heavy atom. The van der Waals surface area contributed by atoms with E-state index in [0.717, 1.165) is 18.2 Å². The molecule has 5 nitrogen and oxygen atoms in total. The number of tetrazole rings is 1. The zero-order valence-electron chi connectivity index (χ0n) is 8.47. The van der Waals surface area contributed by atoms with Crippen LogP contribution in [0.25, 0.3) is 0 Å². The Balaban J connectivity index is 2.30. The molecule has 0 aliphatic heterocycles. The monoisotopic (exact) mass is 213 g/mol. The lowest BCUT2D eigenvalue weighted by Crippen LogP contribution is -2.22. The smallest absolute Gasteiger partial charge is 0.209 e. The number of aromatic nitrogens is 4. The molecule has 1 heterocycles. The first-order valence-electron chi connectivity index (χ1n) is 4.44. The molecule has 0 radical (unpaired) electrons. The van der Waals surface area contributed by atoms with Crippen LogP contribution in [0.15, 0.2) is 17.8 Å². The molecule has 1 rings (SSSR count). The lowest BCUT2D eigenvalue weighted by molar-refractivity contribution is 0.661. The van der Waals surface area contributed by atoms with Crippen molar-refractivity contribution in [2.24, 2.45) is 7.05 Å². The summed E-state index contributed by atoms with van der Waals surface area (Å²) in [6.45, 7) is 7.53. The van der Waals surface area contributed by atoms with Crippen LogP contribution in [-0.2, 0) is 7.05 Å². The summed E-state index contributed by atoms with van der Waals surface area (Å²) < 4.78 is 1.68. The van der Waals surface area contributed by atoms with Gasteiger partial charge in [-0.05, 0) is 10.4 Å². The Hall–Kier alpha value is -0.880. The van der Waals surface area contributed by atoms with E-state index >= 15 is 0 Å². The van der Waals surface area contributed by atoms with Crippen molar-refractivity contribution in [3.63, 3.8) is 0 Å². The lowest BCUT2D eigenvalue weighted by Gasteiger charge is -2.09. The fourth-order valence-corrected chi connectivity index (χ4v) is 1.77. The Bertz CT molecular complexity index is 285. The van der Waals surface area contributed by atoms with E-state index in [9.17, 15) is 0 Å². The van der Waals surface area contributed by atoms with Gasteiger partial charge in [0.2, 0.25) is 5.16 Å². The first-order valence-corrected chi connectivity index (χ1v) is 5.32. The predicted octanol–water partition coefficient (Wildman–Crippen LogP) is 0.466. The molecule has 0 fully saturated rings. The Morgan fingerprint density at radius 3 is 3.07 bits per heavy atom. The van der Waals surface area contributed by atoms with E-state index in [4.69, 9.17) is 0 Å². The molecule has 0 saturated heterocycles. The molecular formula is C8H15N5S. The summed E-state index contributed by atoms with van der Waals surface area (Å²) in [5.74, 6) is 0. The normalized spacial score (nSPS) is 12.7. The maximum absolute atomic E-state index is 3.90. The Morgan fingerprint density at radius 2 is 2.50 bits per heavy atom. The number of rotatable bonds is 6. The van der Waals surface area contributed by atoms with E-state index in [-0.39, 0.29) is 0 Å². The molecule has 1 N–H and O–H groups in total. The maximum atomic E-state index is 3.90. The lowest BCUT2D eigenvalue weighted by atomic mass is 10.4. The fraction of sp³-hybridized carbons (Fsp3) is 0.625.